The van der Waals surface area contributed by atoms with Crippen molar-refractivity contribution in [3.8, 4) is 17.6 Å². The summed E-state index contributed by atoms with van der Waals surface area (Å²) in [5.74, 6) is 1.30. The Balaban J connectivity index is 2.46. The summed E-state index contributed by atoms with van der Waals surface area (Å²) in [7, 11) is 0. The van der Waals surface area contributed by atoms with E-state index in [1.165, 1.54) is 11.8 Å². The lowest BCUT2D eigenvalue weighted by Crippen LogP contribution is -1.96. The predicted molar refractivity (Wildman–Crippen MR) is 83.3 cm³/mol. The van der Waals surface area contributed by atoms with Crippen LogP contribution < -0.4 is 10.5 Å². The molecule has 0 aliphatic carbocycles. The van der Waals surface area contributed by atoms with E-state index in [2.05, 4.69) is 6.07 Å². The van der Waals surface area contributed by atoms with Gasteiger partial charge in [-0.2, -0.15) is 5.26 Å². The van der Waals surface area contributed by atoms with Crippen molar-refractivity contribution in [1.29, 1.82) is 5.26 Å². The first-order valence-electron chi connectivity index (χ1n) is 6.18. The Bertz CT molecular complexity index is 690. The number of anilines is 1. The Kier molecular flexibility index (Phi) is 4.21. The van der Waals surface area contributed by atoms with Gasteiger partial charge in [-0.15, -0.1) is 11.8 Å². The fourth-order valence-electron chi connectivity index (χ4n) is 1.92. The monoisotopic (exact) mass is 284 g/mol. The van der Waals surface area contributed by atoms with Gasteiger partial charge >= 0.3 is 0 Å². The first kappa shape index (κ1) is 14.3. The van der Waals surface area contributed by atoms with Gasteiger partial charge in [0, 0.05) is 10.6 Å². The van der Waals surface area contributed by atoms with E-state index in [-0.39, 0.29) is 0 Å². The van der Waals surface area contributed by atoms with E-state index < -0.39 is 0 Å². The van der Waals surface area contributed by atoms with Crippen LogP contribution in [-0.2, 0) is 0 Å². The van der Waals surface area contributed by atoms with E-state index in [0.29, 0.717) is 11.3 Å². The number of rotatable bonds is 3. The smallest absolute Gasteiger partial charge is 0.146 e. The molecule has 0 spiro atoms. The average Bonchev–Trinajstić information content (AvgIpc) is 2.44. The highest BCUT2D eigenvalue weighted by molar-refractivity contribution is 7.98. The third-order valence-corrected chi connectivity index (χ3v) is 3.88. The SMILES string of the molecule is CSc1cccc(Oc2cc(C)c(N)cc2C)c1C#N. The maximum absolute atomic E-state index is 9.31. The zero-order chi connectivity index (χ0) is 14.7. The molecular weight excluding hydrogens is 268 g/mol. The van der Waals surface area contributed by atoms with Gasteiger partial charge in [0.15, 0.2) is 0 Å². The molecule has 2 aromatic carbocycles. The van der Waals surface area contributed by atoms with E-state index in [1.807, 2.05) is 50.4 Å². The topological polar surface area (TPSA) is 59.0 Å². The fraction of sp³-hybridized carbons (Fsp3) is 0.188. The second kappa shape index (κ2) is 5.89. The quantitative estimate of drug-likeness (QED) is 0.675. The van der Waals surface area contributed by atoms with Gasteiger partial charge in [0.25, 0.3) is 0 Å². The van der Waals surface area contributed by atoms with E-state index >= 15 is 0 Å². The minimum Gasteiger partial charge on any atom is -0.456 e. The molecule has 0 atom stereocenters. The van der Waals surface area contributed by atoms with Gasteiger partial charge in [0.2, 0.25) is 0 Å². The number of nitrogen functional groups attached to an aromatic ring is 1. The Labute approximate surface area is 123 Å². The Morgan fingerprint density at radius 1 is 1.15 bits per heavy atom. The van der Waals surface area contributed by atoms with E-state index in [0.717, 1.165) is 27.5 Å². The molecule has 0 heterocycles. The van der Waals surface area contributed by atoms with Gasteiger partial charge in [0.1, 0.15) is 23.1 Å². The lowest BCUT2D eigenvalue weighted by molar-refractivity contribution is 0.475. The van der Waals surface area contributed by atoms with E-state index in [1.54, 1.807) is 0 Å². The molecule has 0 bridgehead atoms. The van der Waals surface area contributed by atoms with Gasteiger partial charge in [-0.3, -0.25) is 0 Å². The lowest BCUT2D eigenvalue weighted by Gasteiger charge is -2.13. The van der Waals surface area contributed by atoms with Crippen LogP contribution in [0.5, 0.6) is 11.5 Å². The average molecular weight is 284 g/mol. The van der Waals surface area contributed by atoms with Crippen molar-refractivity contribution in [2.45, 2.75) is 18.7 Å². The number of aryl methyl sites for hydroxylation is 2. The molecule has 0 fully saturated rings. The van der Waals surface area contributed by atoms with Crippen LogP contribution in [0.3, 0.4) is 0 Å². The molecule has 0 radical (unpaired) electrons. The molecule has 0 aromatic heterocycles. The third-order valence-electron chi connectivity index (χ3n) is 3.10. The van der Waals surface area contributed by atoms with Crippen LogP contribution >= 0.6 is 11.8 Å². The summed E-state index contributed by atoms with van der Waals surface area (Å²) in [5, 5.41) is 9.31. The first-order chi connectivity index (χ1) is 9.56. The Morgan fingerprint density at radius 2 is 1.90 bits per heavy atom. The van der Waals surface area contributed by atoms with Crippen LogP contribution in [0.2, 0.25) is 0 Å². The van der Waals surface area contributed by atoms with E-state index in [9.17, 15) is 5.26 Å². The molecular formula is C16H16N2OS. The summed E-state index contributed by atoms with van der Waals surface area (Å²) >= 11 is 1.53. The second-order valence-corrected chi connectivity index (χ2v) is 5.37. The van der Waals surface area contributed by atoms with Gasteiger partial charge < -0.3 is 10.5 Å². The highest BCUT2D eigenvalue weighted by Gasteiger charge is 2.11. The molecule has 2 rings (SSSR count). The van der Waals surface area contributed by atoms with Crippen LogP contribution in [-0.4, -0.2) is 6.26 Å². The van der Waals surface area contributed by atoms with E-state index in [4.69, 9.17) is 10.5 Å². The van der Waals surface area contributed by atoms with Crippen LogP contribution in [0.1, 0.15) is 16.7 Å². The van der Waals surface area contributed by atoms with Crippen molar-refractivity contribution in [2.24, 2.45) is 0 Å². The number of hydrogen-bond acceptors (Lipinski definition) is 4. The summed E-state index contributed by atoms with van der Waals surface area (Å²) in [4.78, 5) is 0.912. The van der Waals surface area contributed by atoms with Gasteiger partial charge in [0.05, 0.1) is 0 Å². The summed E-state index contributed by atoms with van der Waals surface area (Å²) in [5.41, 5.74) is 9.09. The Morgan fingerprint density at radius 3 is 2.55 bits per heavy atom. The molecule has 2 N–H and O–H groups in total. The second-order valence-electron chi connectivity index (χ2n) is 4.52. The number of thioether (sulfide) groups is 1. The number of nitrogens with zero attached hydrogens (tertiary/aromatic N) is 1. The summed E-state index contributed by atoms with van der Waals surface area (Å²) in [6.45, 7) is 3.88. The molecule has 0 amide bonds. The minimum atomic E-state index is 0.564. The number of nitrogens with two attached hydrogens (primary N) is 1. The summed E-state index contributed by atoms with van der Waals surface area (Å²) in [6, 6.07) is 11.6. The van der Waals surface area contributed by atoms with Crippen molar-refractivity contribution in [1.82, 2.24) is 0 Å². The first-order valence-corrected chi connectivity index (χ1v) is 7.41. The minimum absolute atomic E-state index is 0.564. The van der Waals surface area contributed by atoms with Crippen molar-refractivity contribution in [3.63, 3.8) is 0 Å². The molecule has 4 heteroatoms. The van der Waals surface area contributed by atoms with Crippen LogP contribution in [0.15, 0.2) is 35.2 Å². The molecule has 20 heavy (non-hydrogen) atoms. The Hall–Kier alpha value is -2.12. The number of benzene rings is 2. The van der Waals surface area contributed by atoms with Crippen LogP contribution in [0.25, 0.3) is 0 Å². The molecule has 0 saturated carbocycles. The molecule has 0 aliphatic rings. The van der Waals surface area contributed by atoms with Gasteiger partial charge in [-0.05, 0) is 55.5 Å². The molecule has 2 aromatic rings. The standard InChI is InChI=1S/C16H16N2OS/c1-10-8-15(11(2)7-13(10)18)19-14-5-4-6-16(20-3)12(14)9-17/h4-8H,18H2,1-3H3. The van der Waals surface area contributed by atoms with Crippen molar-refractivity contribution in [3.05, 3.63) is 47.0 Å². The summed E-state index contributed by atoms with van der Waals surface area (Å²) < 4.78 is 5.92. The molecule has 3 nitrogen and oxygen atoms in total. The maximum Gasteiger partial charge on any atom is 0.146 e. The zero-order valence-electron chi connectivity index (χ0n) is 11.7. The maximum atomic E-state index is 9.31. The van der Waals surface area contributed by atoms with Gasteiger partial charge in [-0.25, -0.2) is 0 Å². The number of hydrogen-bond donors (Lipinski definition) is 1. The third kappa shape index (κ3) is 2.73. The van der Waals surface area contributed by atoms with Crippen molar-refractivity contribution < 1.29 is 4.74 Å². The largest absolute Gasteiger partial charge is 0.456 e. The van der Waals surface area contributed by atoms with Gasteiger partial charge in [-0.1, -0.05) is 6.07 Å². The highest BCUT2D eigenvalue weighted by atomic mass is 32.2. The number of ether oxygens (including phenoxy) is 1. The predicted octanol–water partition coefficient (Wildman–Crippen LogP) is 4.27. The summed E-state index contributed by atoms with van der Waals surface area (Å²) in [6.07, 6.45) is 1.94. The molecule has 0 aliphatic heterocycles. The molecule has 0 saturated heterocycles. The van der Waals surface area contributed by atoms with Crippen LogP contribution in [0, 0.1) is 25.2 Å². The zero-order valence-corrected chi connectivity index (χ0v) is 12.5. The normalized spacial score (nSPS) is 10.1. The number of nitriles is 1. The van der Waals surface area contributed by atoms with Crippen LogP contribution in [0.4, 0.5) is 5.69 Å². The van der Waals surface area contributed by atoms with Crippen molar-refractivity contribution >= 4 is 17.4 Å². The lowest BCUT2D eigenvalue weighted by atomic mass is 10.1. The molecule has 0 unspecified atom stereocenters. The highest BCUT2D eigenvalue weighted by Crippen LogP contribution is 2.34. The fourth-order valence-corrected chi connectivity index (χ4v) is 2.48. The van der Waals surface area contributed by atoms with Crippen molar-refractivity contribution in [2.75, 3.05) is 12.0 Å². The molecule has 102 valence electrons.